The number of anilines is 3. The molecule has 0 saturated carbocycles. The Labute approximate surface area is 213 Å². The molecule has 0 radical (unpaired) electrons. The Hall–Kier alpha value is -4.87. The van der Waals surface area contributed by atoms with E-state index in [9.17, 15) is 22.4 Å². The van der Waals surface area contributed by atoms with Crippen molar-refractivity contribution in [3.8, 4) is 11.1 Å². The molecular formula is C26H19F4N7O. The Kier molecular flexibility index (Phi) is 6.45. The summed E-state index contributed by atoms with van der Waals surface area (Å²) in [5.41, 5.74) is 1.41. The lowest BCUT2D eigenvalue weighted by molar-refractivity contribution is -0.138. The molecule has 0 bridgehead atoms. The molecule has 0 unspecified atom stereocenters. The molecule has 5 aromatic rings. The average molecular weight is 521 g/mol. The van der Waals surface area contributed by atoms with Crippen LogP contribution in [-0.2, 0) is 17.4 Å². The van der Waals surface area contributed by atoms with E-state index in [1.807, 2.05) is 24.4 Å². The highest BCUT2D eigenvalue weighted by Crippen LogP contribution is 2.32. The number of rotatable bonds is 6. The first-order valence-corrected chi connectivity index (χ1v) is 11.3. The molecule has 192 valence electrons. The maximum absolute atomic E-state index is 14.8. The zero-order valence-corrected chi connectivity index (χ0v) is 19.8. The summed E-state index contributed by atoms with van der Waals surface area (Å²) in [4.78, 5) is 24.6. The summed E-state index contributed by atoms with van der Waals surface area (Å²) in [6.45, 7) is 1.22. The number of benzene rings is 1. The summed E-state index contributed by atoms with van der Waals surface area (Å²) in [5, 5.41) is 9.67. The smallest absolute Gasteiger partial charge is 0.324 e. The topological polar surface area (TPSA) is 97.1 Å². The van der Waals surface area contributed by atoms with Gasteiger partial charge in [-0.25, -0.2) is 18.9 Å². The third kappa shape index (κ3) is 5.28. The van der Waals surface area contributed by atoms with Crippen molar-refractivity contribution in [1.29, 1.82) is 0 Å². The molecule has 0 aliphatic rings. The van der Waals surface area contributed by atoms with Crippen molar-refractivity contribution in [1.82, 2.24) is 24.6 Å². The van der Waals surface area contributed by atoms with Crippen LogP contribution in [0.25, 0.3) is 16.6 Å². The standard InChI is InChI=1S/C26H19F4N7O/c1-15-20(26(28,29)30)10-19(13-31-15)35-24(38)9-17-6-5-16(8-21(17)27)18-11-32-25(33-12-18)36-22-14-34-37-7-3-2-4-23(22)37/h2-8,10-14H,9H2,1H3,(H,35,38)(H,32,33,36). The number of amides is 1. The lowest BCUT2D eigenvalue weighted by Gasteiger charge is -2.12. The van der Waals surface area contributed by atoms with Crippen molar-refractivity contribution in [3.05, 3.63) is 96.1 Å². The summed E-state index contributed by atoms with van der Waals surface area (Å²) >= 11 is 0. The average Bonchev–Trinajstić information content (AvgIpc) is 3.29. The van der Waals surface area contributed by atoms with Crippen LogP contribution >= 0.6 is 0 Å². The minimum atomic E-state index is -4.61. The summed E-state index contributed by atoms with van der Waals surface area (Å²) < 4.78 is 55.8. The number of fused-ring (bicyclic) bond motifs is 1. The summed E-state index contributed by atoms with van der Waals surface area (Å²) in [6, 6.07) is 10.7. The molecule has 0 fully saturated rings. The van der Waals surface area contributed by atoms with Gasteiger partial charge in [0.25, 0.3) is 0 Å². The minimum absolute atomic E-state index is 0.0784. The van der Waals surface area contributed by atoms with Crippen LogP contribution in [0.2, 0.25) is 0 Å². The van der Waals surface area contributed by atoms with Crippen LogP contribution in [0.1, 0.15) is 16.8 Å². The summed E-state index contributed by atoms with van der Waals surface area (Å²) in [7, 11) is 0. The van der Waals surface area contributed by atoms with Crippen molar-refractivity contribution < 1.29 is 22.4 Å². The minimum Gasteiger partial charge on any atom is -0.324 e. The lowest BCUT2D eigenvalue weighted by Crippen LogP contribution is -2.17. The van der Waals surface area contributed by atoms with Gasteiger partial charge in [-0.2, -0.15) is 18.3 Å². The molecule has 0 aliphatic heterocycles. The van der Waals surface area contributed by atoms with Gasteiger partial charge in [0.1, 0.15) is 5.82 Å². The lowest BCUT2D eigenvalue weighted by atomic mass is 10.0. The summed E-state index contributed by atoms with van der Waals surface area (Å²) in [6.07, 6.45) is 2.68. The molecule has 1 aromatic carbocycles. The zero-order chi connectivity index (χ0) is 26.9. The van der Waals surface area contributed by atoms with Gasteiger partial charge in [0.2, 0.25) is 11.9 Å². The van der Waals surface area contributed by atoms with Crippen molar-refractivity contribution in [2.45, 2.75) is 19.5 Å². The Morgan fingerprint density at radius 3 is 2.50 bits per heavy atom. The van der Waals surface area contributed by atoms with E-state index in [4.69, 9.17) is 0 Å². The van der Waals surface area contributed by atoms with E-state index in [2.05, 4.69) is 30.7 Å². The maximum atomic E-state index is 14.8. The van der Waals surface area contributed by atoms with Gasteiger partial charge in [-0.3, -0.25) is 9.78 Å². The first-order chi connectivity index (χ1) is 18.2. The number of pyridine rings is 2. The molecule has 0 aliphatic carbocycles. The van der Waals surface area contributed by atoms with Crippen molar-refractivity contribution in [3.63, 3.8) is 0 Å². The fourth-order valence-corrected chi connectivity index (χ4v) is 3.83. The molecule has 1 amide bonds. The van der Waals surface area contributed by atoms with Crippen LogP contribution < -0.4 is 10.6 Å². The fraction of sp³-hybridized carbons (Fsp3) is 0.115. The van der Waals surface area contributed by atoms with Gasteiger partial charge in [-0.1, -0.05) is 18.2 Å². The molecule has 4 aromatic heterocycles. The van der Waals surface area contributed by atoms with E-state index in [1.165, 1.54) is 31.5 Å². The zero-order valence-electron chi connectivity index (χ0n) is 19.8. The van der Waals surface area contributed by atoms with Gasteiger partial charge in [0, 0.05) is 29.8 Å². The van der Waals surface area contributed by atoms with Gasteiger partial charge in [-0.15, -0.1) is 0 Å². The highest BCUT2D eigenvalue weighted by atomic mass is 19.4. The van der Waals surface area contributed by atoms with Gasteiger partial charge >= 0.3 is 6.18 Å². The number of carbonyl (C=O) groups excluding carboxylic acids is 1. The SMILES string of the molecule is Cc1ncc(NC(=O)Cc2ccc(-c3cnc(Nc4cnn5ccccc45)nc3)cc2F)cc1C(F)(F)F. The van der Waals surface area contributed by atoms with E-state index >= 15 is 0 Å². The van der Waals surface area contributed by atoms with E-state index in [0.717, 1.165) is 23.5 Å². The van der Waals surface area contributed by atoms with E-state index in [-0.39, 0.29) is 23.4 Å². The highest BCUT2D eigenvalue weighted by molar-refractivity contribution is 5.92. The van der Waals surface area contributed by atoms with Crippen molar-refractivity contribution >= 4 is 28.7 Å². The number of carbonyl (C=O) groups is 1. The third-order valence-corrected chi connectivity index (χ3v) is 5.74. The number of alkyl halides is 3. The number of hydrogen-bond donors (Lipinski definition) is 2. The van der Waals surface area contributed by atoms with Crippen LogP contribution in [0.4, 0.5) is 34.9 Å². The Morgan fingerprint density at radius 1 is 0.974 bits per heavy atom. The van der Waals surface area contributed by atoms with Gasteiger partial charge in [0.05, 0.1) is 41.3 Å². The van der Waals surface area contributed by atoms with Crippen LogP contribution in [0.3, 0.4) is 0 Å². The monoisotopic (exact) mass is 521 g/mol. The molecular weight excluding hydrogens is 502 g/mol. The fourth-order valence-electron chi connectivity index (χ4n) is 3.83. The van der Waals surface area contributed by atoms with Crippen molar-refractivity contribution in [2.75, 3.05) is 10.6 Å². The molecule has 0 spiro atoms. The van der Waals surface area contributed by atoms with Crippen LogP contribution in [-0.4, -0.2) is 30.5 Å². The number of aromatic nitrogens is 5. The Balaban J connectivity index is 1.25. The van der Waals surface area contributed by atoms with Crippen LogP contribution in [0.15, 0.2) is 73.4 Å². The molecule has 2 N–H and O–H groups in total. The van der Waals surface area contributed by atoms with E-state index in [0.29, 0.717) is 17.1 Å². The molecule has 5 rings (SSSR count). The second-order valence-corrected chi connectivity index (χ2v) is 8.39. The predicted molar refractivity (Wildman–Crippen MR) is 132 cm³/mol. The van der Waals surface area contributed by atoms with Crippen molar-refractivity contribution in [2.24, 2.45) is 0 Å². The molecule has 4 heterocycles. The first-order valence-electron chi connectivity index (χ1n) is 11.3. The van der Waals surface area contributed by atoms with Gasteiger partial charge in [0.15, 0.2) is 0 Å². The Bertz CT molecular complexity index is 1630. The quantitative estimate of drug-likeness (QED) is 0.283. The summed E-state index contributed by atoms with van der Waals surface area (Å²) in [5.74, 6) is -0.994. The number of halogens is 4. The third-order valence-electron chi connectivity index (χ3n) is 5.74. The molecule has 38 heavy (non-hydrogen) atoms. The number of aryl methyl sites for hydroxylation is 1. The predicted octanol–water partition coefficient (Wildman–Crippen LogP) is 5.58. The maximum Gasteiger partial charge on any atom is 0.418 e. The van der Waals surface area contributed by atoms with E-state index in [1.54, 1.807) is 16.8 Å². The van der Waals surface area contributed by atoms with E-state index < -0.39 is 23.5 Å². The van der Waals surface area contributed by atoms with Gasteiger partial charge < -0.3 is 10.6 Å². The Morgan fingerprint density at radius 2 is 1.76 bits per heavy atom. The number of hydrogen-bond acceptors (Lipinski definition) is 6. The highest BCUT2D eigenvalue weighted by Gasteiger charge is 2.33. The molecule has 8 nitrogen and oxygen atoms in total. The molecule has 0 saturated heterocycles. The molecule has 0 atom stereocenters. The van der Waals surface area contributed by atoms with Crippen LogP contribution in [0, 0.1) is 12.7 Å². The largest absolute Gasteiger partial charge is 0.418 e. The first kappa shape index (κ1) is 24.8. The van der Waals surface area contributed by atoms with Crippen LogP contribution in [0.5, 0.6) is 0 Å². The van der Waals surface area contributed by atoms with Gasteiger partial charge in [-0.05, 0) is 42.3 Å². The second-order valence-electron chi connectivity index (χ2n) is 8.39. The normalized spacial score (nSPS) is 11.5. The number of nitrogens with one attached hydrogen (secondary N) is 2. The second kappa shape index (κ2) is 9.88. The molecule has 12 heteroatoms. The number of nitrogens with zero attached hydrogens (tertiary/aromatic N) is 5.